The second-order valence-electron chi connectivity index (χ2n) is 3.09. The van der Waals surface area contributed by atoms with Gasteiger partial charge in [-0.2, -0.15) is 0 Å². The van der Waals surface area contributed by atoms with Crippen molar-refractivity contribution in [1.82, 2.24) is 15.0 Å². The zero-order chi connectivity index (χ0) is 11.5. The number of aromatic nitrogens is 3. The molecule has 2 heterocycles. The fraction of sp³-hybridized carbons (Fsp3) is 0.222. The average Bonchev–Trinajstić information content (AvgIpc) is 2.75. The van der Waals surface area contributed by atoms with Gasteiger partial charge in [0, 0.05) is 17.1 Å². The molecule has 0 spiro atoms. The van der Waals surface area contributed by atoms with E-state index >= 15 is 0 Å². The molecule has 0 amide bonds. The Morgan fingerprint density at radius 1 is 1.38 bits per heavy atom. The minimum Gasteiger partial charge on any atom is -0.308 e. The van der Waals surface area contributed by atoms with Gasteiger partial charge in [0.05, 0.1) is 0 Å². The smallest absolute Gasteiger partial charge is 0.156 e. The quantitative estimate of drug-likeness (QED) is 0.495. The van der Waals surface area contributed by atoms with Gasteiger partial charge >= 0.3 is 0 Å². The number of hydrogen-bond donors (Lipinski definition) is 2. The summed E-state index contributed by atoms with van der Waals surface area (Å²) < 4.78 is 0.962. The fourth-order valence-corrected chi connectivity index (χ4v) is 2.85. The topological polar surface area (TPSA) is 76.7 Å². The molecule has 3 N–H and O–H groups in total. The van der Waals surface area contributed by atoms with Gasteiger partial charge in [-0.3, -0.25) is 0 Å². The summed E-state index contributed by atoms with van der Waals surface area (Å²) in [4.78, 5) is 12.8. The molecule has 0 saturated heterocycles. The third kappa shape index (κ3) is 2.31. The van der Waals surface area contributed by atoms with Crippen molar-refractivity contribution in [3.8, 4) is 0 Å². The summed E-state index contributed by atoms with van der Waals surface area (Å²) in [6, 6.07) is 0. The van der Waals surface area contributed by atoms with Crippen LogP contribution in [0.1, 0.15) is 11.4 Å². The van der Waals surface area contributed by atoms with Gasteiger partial charge in [-0.15, -0.1) is 11.3 Å². The molecule has 84 valence electrons. The van der Waals surface area contributed by atoms with E-state index in [-0.39, 0.29) is 0 Å². The second-order valence-corrected chi connectivity index (χ2v) is 5.22. The van der Waals surface area contributed by atoms with Gasteiger partial charge in [-0.05, 0) is 25.6 Å². The van der Waals surface area contributed by atoms with Crippen LogP contribution in [0.25, 0.3) is 0 Å². The molecule has 0 fully saturated rings. The Bertz CT molecular complexity index is 483. The van der Waals surface area contributed by atoms with Crippen molar-refractivity contribution in [1.29, 1.82) is 0 Å². The van der Waals surface area contributed by atoms with Crippen LogP contribution in [0, 0.1) is 13.8 Å². The van der Waals surface area contributed by atoms with Crippen molar-refractivity contribution in [3.63, 3.8) is 0 Å². The highest BCUT2D eigenvalue weighted by atomic mass is 32.2. The summed E-state index contributed by atoms with van der Waals surface area (Å²) in [5.41, 5.74) is 3.51. The maximum absolute atomic E-state index is 5.40. The Hall–Kier alpha value is -1.18. The Kier molecular flexibility index (Phi) is 3.37. The predicted octanol–water partition coefficient (Wildman–Crippen LogP) is 1.99. The van der Waals surface area contributed by atoms with E-state index in [2.05, 4.69) is 20.4 Å². The maximum Gasteiger partial charge on any atom is 0.156 e. The van der Waals surface area contributed by atoms with Crippen LogP contribution in [-0.2, 0) is 0 Å². The number of aryl methyl sites for hydroxylation is 1. The normalized spacial score (nSPS) is 10.4. The van der Waals surface area contributed by atoms with E-state index in [1.54, 1.807) is 17.5 Å². The Labute approximate surface area is 102 Å². The van der Waals surface area contributed by atoms with Crippen molar-refractivity contribution < 1.29 is 0 Å². The van der Waals surface area contributed by atoms with Gasteiger partial charge in [0.2, 0.25) is 0 Å². The molecule has 2 aromatic rings. The van der Waals surface area contributed by atoms with Gasteiger partial charge in [-0.25, -0.2) is 20.8 Å². The molecule has 0 aliphatic heterocycles. The monoisotopic (exact) mass is 253 g/mol. The van der Waals surface area contributed by atoms with E-state index < -0.39 is 0 Å². The van der Waals surface area contributed by atoms with Crippen LogP contribution in [0.15, 0.2) is 20.9 Å². The van der Waals surface area contributed by atoms with E-state index in [0.717, 1.165) is 14.9 Å². The molecular weight excluding hydrogens is 242 g/mol. The van der Waals surface area contributed by atoms with Crippen molar-refractivity contribution in [3.05, 3.63) is 23.0 Å². The van der Waals surface area contributed by atoms with Gasteiger partial charge in [-0.1, -0.05) is 0 Å². The summed E-state index contributed by atoms with van der Waals surface area (Å²) in [5.74, 6) is 6.75. The van der Waals surface area contributed by atoms with Crippen molar-refractivity contribution in [2.45, 2.75) is 23.2 Å². The van der Waals surface area contributed by atoms with Crippen LogP contribution in [0.4, 0.5) is 5.82 Å². The predicted molar refractivity (Wildman–Crippen MR) is 65.6 cm³/mol. The van der Waals surface area contributed by atoms with Crippen molar-refractivity contribution in [2.75, 3.05) is 5.43 Å². The molecule has 0 aromatic carbocycles. The van der Waals surface area contributed by atoms with Gasteiger partial charge in [0.25, 0.3) is 0 Å². The first-order valence-electron chi connectivity index (χ1n) is 4.60. The molecule has 0 aliphatic carbocycles. The van der Waals surface area contributed by atoms with Crippen LogP contribution in [0.3, 0.4) is 0 Å². The van der Waals surface area contributed by atoms with E-state index in [1.165, 1.54) is 11.8 Å². The third-order valence-corrected chi connectivity index (χ3v) is 3.92. The lowest BCUT2D eigenvalue weighted by Gasteiger charge is -2.08. The largest absolute Gasteiger partial charge is 0.308 e. The van der Waals surface area contributed by atoms with E-state index in [1.807, 2.05) is 19.2 Å². The Morgan fingerprint density at radius 3 is 2.81 bits per heavy atom. The van der Waals surface area contributed by atoms with Crippen LogP contribution < -0.4 is 11.3 Å². The Balaban J connectivity index is 2.36. The van der Waals surface area contributed by atoms with E-state index in [4.69, 9.17) is 5.84 Å². The summed E-state index contributed by atoms with van der Waals surface area (Å²) >= 11 is 3.11. The molecule has 0 bridgehead atoms. The molecule has 2 aromatic heterocycles. The van der Waals surface area contributed by atoms with Crippen LogP contribution in [0.5, 0.6) is 0 Å². The minimum absolute atomic E-state index is 0.659. The summed E-state index contributed by atoms with van der Waals surface area (Å²) in [6.45, 7) is 3.77. The number of hydrogen-bond acceptors (Lipinski definition) is 7. The van der Waals surface area contributed by atoms with Crippen molar-refractivity contribution >= 4 is 28.9 Å². The molecule has 2 rings (SSSR count). The number of nitrogen functional groups attached to an aromatic ring is 1. The first-order chi connectivity index (χ1) is 7.70. The highest BCUT2D eigenvalue weighted by Crippen LogP contribution is 2.31. The first kappa shape index (κ1) is 11.3. The van der Waals surface area contributed by atoms with Gasteiger partial charge < -0.3 is 5.43 Å². The zero-order valence-corrected chi connectivity index (χ0v) is 10.5. The summed E-state index contributed by atoms with van der Waals surface area (Å²) in [5, 5.41) is 2.82. The molecule has 0 saturated carbocycles. The average molecular weight is 253 g/mol. The van der Waals surface area contributed by atoms with Crippen LogP contribution in [-0.4, -0.2) is 15.0 Å². The fourth-order valence-electron chi connectivity index (χ4n) is 1.19. The molecule has 7 heteroatoms. The molecule has 0 atom stereocenters. The lowest BCUT2D eigenvalue weighted by Crippen LogP contribution is -2.12. The lowest BCUT2D eigenvalue weighted by atomic mass is 10.3. The number of nitrogens with one attached hydrogen (secondary N) is 1. The third-order valence-electron chi connectivity index (χ3n) is 1.94. The molecule has 0 radical (unpaired) electrons. The number of thiazole rings is 1. The highest BCUT2D eigenvalue weighted by Gasteiger charge is 2.10. The van der Waals surface area contributed by atoms with E-state index in [9.17, 15) is 0 Å². The Morgan fingerprint density at radius 2 is 2.19 bits per heavy atom. The second kappa shape index (κ2) is 4.77. The summed E-state index contributed by atoms with van der Waals surface area (Å²) in [7, 11) is 0. The summed E-state index contributed by atoms with van der Waals surface area (Å²) in [6.07, 6.45) is 1.78. The molecule has 5 nitrogen and oxygen atoms in total. The van der Waals surface area contributed by atoms with Crippen LogP contribution >= 0.6 is 23.1 Å². The first-order valence-corrected chi connectivity index (χ1v) is 6.29. The highest BCUT2D eigenvalue weighted by molar-refractivity contribution is 8.01. The maximum atomic E-state index is 5.40. The molecule has 0 aliphatic rings. The standard InChI is InChI=1S/C9H11N5S2/c1-5-7(14-10)12-6(2)13-8(5)16-9-11-3-4-15-9/h3-4H,10H2,1-2H3,(H,12,13,14). The number of anilines is 1. The van der Waals surface area contributed by atoms with E-state index in [0.29, 0.717) is 11.6 Å². The van der Waals surface area contributed by atoms with Crippen LogP contribution in [0.2, 0.25) is 0 Å². The van der Waals surface area contributed by atoms with Gasteiger partial charge in [0.1, 0.15) is 16.7 Å². The number of nitrogens with zero attached hydrogens (tertiary/aromatic N) is 3. The molecule has 16 heavy (non-hydrogen) atoms. The minimum atomic E-state index is 0.659. The number of nitrogens with two attached hydrogens (primary N) is 1. The number of hydrazine groups is 1. The molecular formula is C9H11N5S2. The number of rotatable bonds is 3. The SMILES string of the molecule is Cc1nc(NN)c(C)c(Sc2nccs2)n1. The van der Waals surface area contributed by atoms with Crippen molar-refractivity contribution in [2.24, 2.45) is 5.84 Å². The molecule has 0 unspecified atom stereocenters. The zero-order valence-electron chi connectivity index (χ0n) is 8.89. The van der Waals surface area contributed by atoms with Gasteiger partial charge in [0.15, 0.2) is 4.34 Å². The lowest BCUT2D eigenvalue weighted by molar-refractivity contribution is 0.935.